The van der Waals surface area contributed by atoms with Gasteiger partial charge in [-0.2, -0.15) is 0 Å². The molecule has 6 nitrogen and oxygen atoms in total. The molecule has 1 fully saturated rings. The number of hydrogen-bond acceptors (Lipinski definition) is 3. The second-order valence-corrected chi connectivity index (χ2v) is 4.33. The van der Waals surface area contributed by atoms with Crippen molar-refractivity contribution >= 4 is 17.8 Å². The molecule has 2 amide bonds. The van der Waals surface area contributed by atoms with Gasteiger partial charge in [0.1, 0.15) is 5.41 Å². The summed E-state index contributed by atoms with van der Waals surface area (Å²) in [5, 5.41) is 11.4. The quantitative estimate of drug-likeness (QED) is 0.656. The summed E-state index contributed by atoms with van der Waals surface area (Å²) in [5.74, 6) is -1.87. The van der Waals surface area contributed by atoms with Crippen LogP contribution in [-0.2, 0) is 14.4 Å². The largest absolute Gasteiger partial charge is 0.480 e. The van der Waals surface area contributed by atoms with Crippen LogP contribution in [0.1, 0.15) is 26.2 Å². The van der Waals surface area contributed by atoms with E-state index in [0.717, 1.165) is 6.42 Å². The first-order chi connectivity index (χ1) is 7.94. The zero-order valence-electron chi connectivity index (χ0n) is 10.2. The summed E-state index contributed by atoms with van der Waals surface area (Å²) in [7, 11) is 1.63. The van der Waals surface area contributed by atoms with Crippen LogP contribution in [0.3, 0.4) is 0 Å². The lowest BCUT2D eigenvalue weighted by atomic mass is 9.68. The van der Waals surface area contributed by atoms with Gasteiger partial charge in [0, 0.05) is 13.6 Å². The molecule has 17 heavy (non-hydrogen) atoms. The van der Waals surface area contributed by atoms with Gasteiger partial charge in [-0.1, -0.05) is 6.42 Å². The van der Waals surface area contributed by atoms with E-state index in [9.17, 15) is 14.4 Å². The fraction of sp³-hybridized carbons (Fsp3) is 0.727. The van der Waals surface area contributed by atoms with Crippen molar-refractivity contribution in [1.29, 1.82) is 0 Å². The third kappa shape index (κ3) is 2.57. The van der Waals surface area contributed by atoms with Crippen molar-refractivity contribution < 1.29 is 19.5 Å². The van der Waals surface area contributed by atoms with Crippen LogP contribution >= 0.6 is 0 Å². The number of nitrogens with zero attached hydrogens (tertiary/aromatic N) is 1. The number of aliphatic carboxylic acids is 1. The molecule has 0 aromatic heterocycles. The first-order valence-corrected chi connectivity index (χ1v) is 5.69. The fourth-order valence-electron chi connectivity index (χ4n) is 1.70. The van der Waals surface area contributed by atoms with Crippen LogP contribution in [0.2, 0.25) is 0 Å². The smallest absolute Gasteiger partial charge is 0.319 e. The highest BCUT2D eigenvalue weighted by Crippen LogP contribution is 2.41. The molecule has 96 valence electrons. The van der Waals surface area contributed by atoms with Gasteiger partial charge in [-0.3, -0.25) is 14.4 Å². The molecule has 0 saturated heterocycles. The summed E-state index contributed by atoms with van der Waals surface area (Å²) >= 11 is 0. The molecule has 0 aromatic carbocycles. The molecule has 0 spiro atoms. The number of carboxylic acids is 1. The molecule has 1 rings (SSSR count). The van der Waals surface area contributed by atoms with E-state index in [0.29, 0.717) is 19.4 Å². The SMILES string of the molecule is CCN(C)C(=O)CNC(=O)C1(C(=O)O)CCC1. The first-order valence-electron chi connectivity index (χ1n) is 5.69. The minimum atomic E-state index is -1.30. The van der Waals surface area contributed by atoms with E-state index >= 15 is 0 Å². The van der Waals surface area contributed by atoms with Crippen LogP contribution in [0.4, 0.5) is 0 Å². The molecule has 0 unspecified atom stereocenters. The number of rotatable bonds is 5. The van der Waals surface area contributed by atoms with Crippen LogP contribution in [0.5, 0.6) is 0 Å². The summed E-state index contributed by atoms with van der Waals surface area (Å²) in [6, 6.07) is 0. The average Bonchev–Trinajstić information content (AvgIpc) is 2.22. The number of nitrogens with one attached hydrogen (secondary N) is 1. The van der Waals surface area contributed by atoms with Crippen LogP contribution in [0.15, 0.2) is 0 Å². The molecule has 1 aliphatic carbocycles. The molecule has 2 N–H and O–H groups in total. The lowest BCUT2D eigenvalue weighted by Gasteiger charge is -2.35. The van der Waals surface area contributed by atoms with Gasteiger partial charge >= 0.3 is 5.97 Å². The van der Waals surface area contributed by atoms with Crippen molar-refractivity contribution in [3.8, 4) is 0 Å². The van der Waals surface area contributed by atoms with Crippen molar-refractivity contribution in [3.63, 3.8) is 0 Å². The molecule has 0 atom stereocenters. The molecule has 0 radical (unpaired) electrons. The Balaban J connectivity index is 2.50. The Hall–Kier alpha value is -1.59. The van der Waals surface area contributed by atoms with Crippen molar-refractivity contribution in [2.75, 3.05) is 20.1 Å². The topological polar surface area (TPSA) is 86.7 Å². The molecular weight excluding hydrogens is 224 g/mol. The molecule has 0 aromatic rings. The summed E-state index contributed by atoms with van der Waals surface area (Å²) in [6.07, 6.45) is 1.44. The zero-order valence-corrected chi connectivity index (χ0v) is 10.2. The van der Waals surface area contributed by atoms with Gasteiger partial charge in [0.2, 0.25) is 11.8 Å². The number of carbonyl (C=O) groups excluding carboxylic acids is 2. The van der Waals surface area contributed by atoms with Crippen molar-refractivity contribution in [3.05, 3.63) is 0 Å². The van der Waals surface area contributed by atoms with Crippen molar-refractivity contribution in [2.24, 2.45) is 5.41 Å². The Morgan fingerprint density at radius 1 is 1.35 bits per heavy atom. The third-order valence-electron chi connectivity index (χ3n) is 3.35. The summed E-state index contributed by atoms with van der Waals surface area (Å²) in [4.78, 5) is 35.7. The van der Waals surface area contributed by atoms with Gasteiger partial charge in [-0.05, 0) is 19.8 Å². The van der Waals surface area contributed by atoms with Gasteiger partial charge in [-0.15, -0.1) is 0 Å². The van der Waals surface area contributed by atoms with Gasteiger partial charge in [-0.25, -0.2) is 0 Å². The maximum atomic E-state index is 11.7. The third-order valence-corrected chi connectivity index (χ3v) is 3.35. The predicted octanol–water partition coefficient (Wildman–Crippen LogP) is -0.164. The highest BCUT2D eigenvalue weighted by Gasteiger charge is 2.51. The predicted molar refractivity (Wildman–Crippen MR) is 60.2 cm³/mol. The summed E-state index contributed by atoms with van der Waals surface area (Å²) in [5.41, 5.74) is -1.30. The van der Waals surface area contributed by atoms with E-state index in [4.69, 9.17) is 5.11 Å². The standard InChI is InChI=1S/C11H18N2O4/c1-3-13(2)8(14)7-12-9(15)11(10(16)17)5-4-6-11/h3-7H2,1-2H3,(H,12,15)(H,16,17). The number of likely N-dealkylation sites (N-methyl/N-ethyl adjacent to an activating group) is 1. The minimum absolute atomic E-state index is 0.141. The molecule has 6 heteroatoms. The van der Waals surface area contributed by atoms with Gasteiger partial charge in [0.15, 0.2) is 0 Å². The number of carboxylic acid groups (broad SMARTS) is 1. The van der Waals surface area contributed by atoms with Gasteiger partial charge in [0.05, 0.1) is 6.54 Å². The van der Waals surface area contributed by atoms with Crippen molar-refractivity contribution in [2.45, 2.75) is 26.2 Å². The lowest BCUT2D eigenvalue weighted by Crippen LogP contribution is -2.52. The Morgan fingerprint density at radius 3 is 2.29 bits per heavy atom. The van der Waals surface area contributed by atoms with Crippen LogP contribution < -0.4 is 5.32 Å². The highest BCUT2D eigenvalue weighted by molar-refractivity contribution is 6.03. The molecular formula is C11H18N2O4. The molecule has 0 bridgehead atoms. The van der Waals surface area contributed by atoms with E-state index < -0.39 is 17.3 Å². The molecule has 1 saturated carbocycles. The Bertz CT molecular complexity index is 336. The first kappa shape index (κ1) is 13.5. The number of carbonyl (C=O) groups is 3. The minimum Gasteiger partial charge on any atom is -0.480 e. The van der Waals surface area contributed by atoms with E-state index in [-0.39, 0.29) is 12.5 Å². The fourth-order valence-corrected chi connectivity index (χ4v) is 1.70. The average molecular weight is 242 g/mol. The van der Waals surface area contributed by atoms with Crippen LogP contribution in [0.25, 0.3) is 0 Å². The Labute approximate surface area is 100.0 Å². The normalized spacial score (nSPS) is 16.8. The van der Waals surface area contributed by atoms with Gasteiger partial charge < -0.3 is 15.3 Å². The molecule has 0 heterocycles. The maximum Gasteiger partial charge on any atom is 0.319 e. The zero-order chi connectivity index (χ0) is 13.1. The Kier molecular flexibility index (Phi) is 4.09. The van der Waals surface area contributed by atoms with Crippen LogP contribution in [0, 0.1) is 5.41 Å². The van der Waals surface area contributed by atoms with E-state index in [1.807, 2.05) is 6.92 Å². The van der Waals surface area contributed by atoms with Crippen molar-refractivity contribution in [1.82, 2.24) is 10.2 Å². The number of hydrogen-bond donors (Lipinski definition) is 2. The summed E-state index contributed by atoms with van der Waals surface area (Å²) in [6.45, 7) is 2.24. The number of amides is 2. The lowest BCUT2D eigenvalue weighted by molar-refractivity contribution is -0.162. The molecule has 1 aliphatic rings. The molecule has 0 aliphatic heterocycles. The summed E-state index contributed by atoms with van der Waals surface area (Å²) < 4.78 is 0. The van der Waals surface area contributed by atoms with E-state index in [1.54, 1.807) is 7.05 Å². The second kappa shape index (κ2) is 5.16. The van der Waals surface area contributed by atoms with Gasteiger partial charge in [0.25, 0.3) is 0 Å². The van der Waals surface area contributed by atoms with Crippen LogP contribution in [-0.4, -0.2) is 47.9 Å². The Morgan fingerprint density at radius 2 is 1.94 bits per heavy atom. The second-order valence-electron chi connectivity index (χ2n) is 4.33. The van der Waals surface area contributed by atoms with E-state index in [1.165, 1.54) is 4.90 Å². The highest BCUT2D eigenvalue weighted by atomic mass is 16.4. The monoisotopic (exact) mass is 242 g/mol. The van der Waals surface area contributed by atoms with E-state index in [2.05, 4.69) is 5.32 Å². The maximum absolute atomic E-state index is 11.7.